The van der Waals surface area contributed by atoms with E-state index in [1.807, 2.05) is 0 Å². The van der Waals surface area contributed by atoms with Crippen LogP contribution >= 0.6 is 0 Å². The highest BCUT2D eigenvalue weighted by molar-refractivity contribution is 5.84. The average Bonchev–Trinajstić information content (AvgIpc) is 2.68. The quantitative estimate of drug-likeness (QED) is 0.708. The monoisotopic (exact) mass is 226 g/mol. The fraction of sp³-hybridized carbons (Fsp3) is 0.333. The van der Waals surface area contributed by atoms with E-state index >= 15 is 0 Å². The molecular weight excluding hydrogens is 216 g/mol. The van der Waals surface area contributed by atoms with Gasteiger partial charge in [-0.3, -0.25) is 4.63 Å². The van der Waals surface area contributed by atoms with Gasteiger partial charge < -0.3 is 19.4 Å². The Bertz CT molecular complexity index is 522. The largest absolute Gasteiger partial charge is 0.493 e. The molecule has 0 N–H and O–H groups in total. The zero-order chi connectivity index (χ0) is 11.7. The molecule has 0 unspecified atom stereocenters. The molecule has 0 aliphatic rings. The second-order valence-corrected chi connectivity index (χ2v) is 2.94. The number of rotatable bonds is 3. The number of hydrogen-bond donors (Lipinski definition) is 0. The molecule has 7 heteroatoms. The van der Waals surface area contributed by atoms with Crippen LogP contribution in [0, 0.1) is 5.21 Å². The summed E-state index contributed by atoms with van der Waals surface area (Å²) in [5, 5.41) is 14.8. The molecule has 0 saturated carbocycles. The lowest BCUT2D eigenvalue weighted by Crippen LogP contribution is -2.22. The lowest BCUT2D eigenvalue weighted by Gasteiger charge is -2.09. The third-order valence-electron chi connectivity index (χ3n) is 2.19. The Morgan fingerprint density at radius 2 is 1.88 bits per heavy atom. The molecule has 16 heavy (non-hydrogen) atoms. The van der Waals surface area contributed by atoms with Crippen molar-refractivity contribution in [1.82, 2.24) is 5.16 Å². The van der Waals surface area contributed by atoms with Gasteiger partial charge in [-0.1, -0.05) is 0 Å². The highest BCUT2D eigenvalue weighted by atomic mass is 16.8. The summed E-state index contributed by atoms with van der Waals surface area (Å²) in [4.78, 5) is 0.278. The number of ether oxygens (including phenoxy) is 3. The minimum absolute atomic E-state index is 0.217. The highest BCUT2D eigenvalue weighted by Crippen LogP contribution is 2.41. The molecule has 86 valence electrons. The van der Waals surface area contributed by atoms with Gasteiger partial charge in [-0.25, -0.2) is 0 Å². The molecule has 0 amide bonds. The van der Waals surface area contributed by atoms with E-state index in [1.165, 1.54) is 27.4 Å². The van der Waals surface area contributed by atoms with E-state index in [4.69, 9.17) is 14.2 Å². The molecule has 0 atom stereocenters. The van der Waals surface area contributed by atoms with Crippen molar-refractivity contribution < 1.29 is 23.7 Å². The van der Waals surface area contributed by atoms with Crippen LogP contribution in [0.3, 0.4) is 0 Å². The smallest absolute Gasteiger partial charge is 0.294 e. The number of fused-ring (bicyclic) bond motifs is 1. The van der Waals surface area contributed by atoms with Crippen LogP contribution in [0.25, 0.3) is 11.0 Å². The predicted molar refractivity (Wildman–Crippen MR) is 52.6 cm³/mol. The van der Waals surface area contributed by atoms with Gasteiger partial charge in [0.1, 0.15) is 0 Å². The molecule has 0 aliphatic carbocycles. The van der Waals surface area contributed by atoms with Crippen molar-refractivity contribution in [3.05, 3.63) is 11.3 Å². The van der Waals surface area contributed by atoms with Crippen LogP contribution in [0.1, 0.15) is 0 Å². The third-order valence-corrected chi connectivity index (χ3v) is 2.19. The lowest BCUT2D eigenvalue weighted by atomic mass is 10.2. The van der Waals surface area contributed by atoms with Gasteiger partial charge in [-0.15, -0.1) is 0 Å². The van der Waals surface area contributed by atoms with Crippen LogP contribution in [-0.4, -0.2) is 26.5 Å². The molecule has 1 aromatic heterocycles. The fourth-order valence-electron chi connectivity index (χ4n) is 1.48. The van der Waals surface area contributed by atoms with Gasteiger partial charge in [0.15, 0.2) is 5.75 Å². The minimum atomic E-state index is 0.217. The van der Waals surface area contributed by atoms with Crippen molar-refractivity contribution in [3.8, 4) is 17.2 Å². The molecule has 0 radical (unpaired) electrons. The van der Waals surface area contributed by atoms with Gasteiger partial charge in [0.25, 0.3) is 5.52 Å². The Morgan fingerprint density at radius 3 is 2.44 bits per heavy atom. The Hall–Kier alpha value is -2.18. The second-order valence-electron chi connectivity index (χ2n) is 2.94. The average molecular weight is 226 g/mol. The summed E-state index contributed by atoms with van der Waals surface area (Å²) < 4.78 is 19.8. The summed E-state index contributed by atoms with van der Waals surface area (Å²) >= 11 is 0. The molecule has 0 saturated heterocycles. The Morgan fingerprint density at radius 1 is 1.19 bits per heavy atom. The zero-order valence-corrected chi connectivity index (χ0v) is 9.01. The molecular formula is C9H10N2O5. The van der Waals surface area contributed by atoms with Crippen LogP contribution in [0.2, 0.25) is 0 Å². The number of hydrogen-bond acceptors (Lipinski definition) is 6. The van der Waals surface area contributed by atoms with Gasteiger partial charge in [0, 0.05) is 6.07 Å². The summed E-state index contributed by atoms with van der Waals surface area (Å²) in [5.74, 6) is 1.04. The molecule has 2 rings (SSSR count). The normalized spacial score (nSPS) is 10.4. The number of benzene rings is 1. The zero-order valence-electron chi connectivity index (χ0n) is 9.01. The van der Waals surface area contributed by atoms with Gasteiger partial charge in [0.05, 0.1) is 26.5 Å². The Labute approximate surface area is 90.6 Å². The first-order valence-corrected chi connectivity index (χ1v) is 4.41. The first-order chi connectivity index (χ1) is 7.72. The van der Waals surface area contributed by atoms with E-state index in [0.29, 0.717) is 17.2 Å². The molecule has 2 aromatic rings. The van der Waals surface area contributed by atoms with E-state index in [9.17, 15) is 5.21 Å². The van der Waals surface area contributed by atoms with Crippen molar-refractivity contribution >= 4 is 11.0 Å². The lowest BCUT2D eigenvalue weighted by molar-refractivity contribution is -0.782. The molecule has 1 aromatic carbocycles. The van der Waals surface area contributed by atoms with Gasteiger partial charge in [0.2, 0.25) is 17.0 Å². The van der Waals surface area contributed by atoms with Crippen molar-refractivity contribution in [2.24, 2.45) is 0 Å². The van der Waals surface area contributed by atoms with Crippen LogP contribution in [-0.2, 0) is 0 Å². The second kappa shape index (κ2) is 3.76. The van der Waals surface area contributed by atoms with E-state index in [2.05, 4.69) is 9.79 Å². The van der Waals surface area contributed by atoms with Gasteiger partial charge in [-0.2, -0.15) is 0 Å². The first kappa shape index (κ1) is 10.3. The minimum Gasteiger partial charge on any atom is -0.493 e. The van der Waals surface area contributed by atoms with E-state index in [0.717, 1.165) is 0 Å². The van der Waals surface area contributed by atoms with Crippen LogP contribution in [0.4, 0.5) is 0 Å². The maximum atomic E-state index is 11.3. The molecule has 0 bridgehead atoms. The van der Waals surface area contributed by atoms with Gasteiger partial charge >= 0.3 is 0 Å². The van der Waals surface area contributed by atoms with E-state index < -0.39 is 0 Å². The molecule has 0 aliphatic heterocycles. The molecule has 0 fully saturated rings. The Kier molecular flexibility index (Phi) is 2.43. The SMILES string of the molecule is COc1cc2c(no[n+]2[O-])c(OC)c1OC. The first-order valence-electron chi connectivity index (χ1n) is 4.41. The highest BCUT2D eigenvalue weighted by Gasteiger charge is 2.24. The Balaban J connectivity index is 2.83. The maximum absolute atomic E-state index is 11.3. The van der Waals surface area contributed by atoms with Crippen molar-refractivity contribution in [1.29, 1.82) is 0 Å². The topological polar surface area (TPSA) is 80.7 Å². The standard InChI is InChI=1S/C9H10N2O5/c1-13-6-4-5-7(10-16-11(5)12)9(15-3)8(6)14-2/h4H,1-3H3. The van der Waals surface area contributed by atoms with Crippen molar-refractivity contribution in [2.75, 3.05) is 21.3 Å². The van der Waals surface area contributed by atoms with Crippen LogP contribution < -0.4 is 19.1 Å². The van der Waals surface area contributed by atoms with E-state index in [1.54, 1.807) is 0 Å². The van der Waals surface area contributed by atoms with Crippen molar-refractivity contribution in [3.63, 3.8) is 0 Å². The summed E-state index contributed by atoms with van der Waals surface area (Å²) in [6.45, 7) is 0. The third kappa shape index (κ3) is 1.28. The summed E-state index contributed by atoms with van der Waals surface area (Å²) in [6, 6.07) is 1.47. The number of nitrogens with zero attached hydrogens (tertiary/aromatic N) is 2. The number of methoxy groups -OCH3 is 3. The van der Waals surface area contributed by atoms with Gasteiger partial charge in [-0.05, 0) is 4.90 Å². The summed E-state index contributed by atoms with van der Waals surface area (Å²) in [5.41, 5.74) is 0.504. The maximum Gasteiger partial charge on any atom is 0.294 e. The fourth-order valence-corrected chi connectivity index (χ4v) is 1.48. The molecule has 1 heterocycles. The molecule has 7 nitrogen and oxygen atoms in total. The van der Waals surface area contributed by atoms with Crippen LogP contribution in [0.5, 0.6) is 17.2 Å². The van der Waals surface area contributed by atoms with Crippen LogP contribution in [0.15, 0.2) is 10.7 Å². The number of aromatic nitrogens is 2. The molecule has 0 spiro atoms. The predicted octanol–water partition coefficient (Wildman–Crippen LogP) is 0.487. The summed E-state index contributed by atoms with van der Waals surface area (Å²) in [7, 11) is 4.38. The summed E-state index contributed by atoms with van der Waals surface area (Å²) in [6.07, 6.45) is 0. The van der Waals surface area contributed by atoms with E-state index in [-0.39, 0.29) is 15.9 Å². The van der Waals surface area contributed by atoms with Crippen molar-refractivity contribution in [2.45, 2.75) is 0 Å².